The molecule has 2 unspecified atom stereocenters. The number of ether oxygens (including phenoxy) is 1. The van der Waals surface area contributed by atoms with E-state index in [2.05, 4.69) is 5.16 Å². The zero-order valence-corrected chi connectivity index (χ0v) is 13.9. The summed E-state index contributed by atoms with van der Waals surface area (Å²) in [7, 11) is 1.38. The summed E-state index contributed by atoms with van der Waals surface area (Å²) in [5.41, 5.74) is 0.507. The Morgan fingerprint density at radius 2 is 1.96 bits per heavy atom. The lowest BCUT2D eigenvalue weighted by molar-refractivity contribution is -0.115. The zero-order chi connectivity index (χ0) is 17.7. The predicted molar refractivity (Wildman–Crippen MR) is 80.4 cm³/mol. The molecule has 1 aliphatic rings. The Balaban J connectivity index is 0.000000593. The lowest BCUT2D eigenvalue weighted by Gasteiger charge is -2.14. The summed E-state index contributed by atoms with van der Waals surface area (Å²) < 4.78 is 10.3. The van der Waals surface area contributed by atoms with Crippen LogP contribution in [0.2, 0.25) is 0 Å². The second kappa shape index (κ2) is 8.04. The number of carbonyl (C=O) groups excluding carboxylic acids is 2. The van der Waals surface area contributed by atoms with Crippen molar-refractivity contribution in [2.75, 3.05) is 11.9 Å². The molecule has 0 saturated carbocycles. The van der Waals surface area contributed by atoms with Crippen molar-refractivity contribution in [3.63, 3.8) is 0 Å². The van der Waals surface area contributed by atoms with Gasteiger partial charge < -0.3 is 24.3 Å². The van der Waals surface area contributed by atoms with Crippen molar-refractivity contribution >= 4 is 17.7 Å². The number of hydrogen-bond acceptors (Lipinski definition) is 7. The average molecular weight is 329 g/mol. The summed E-state index contributed by atoms with van der Waals surface area (Å²) in [5.74, 6) is 0.239. The SMILES string of the molecule is CC(C)=O.CC(C)OCc1cc(N2C(=O)N(C)C(O)C2O)on1. The van der Waals surface area contributed by atoms with E-state index in [1.807, 2.05) is 13.8 Å². The van der Waals surface area contributed by atoms with Crippen molar-refractivity contribution in [3.05, 3.63) is 11.8 Å². The van der Waals surface area contributed by atoms with Gasteiger partial charge in [0.1, 0.15) is 11.5 Å². The van der Waals surface area contributed by atoms with Crippen molar-refractivity contribution in [2.24, 2.45) is 0 Å². The van der Waals surface area contributed by atoms with Crippen molar-refractivity contribution in [3.8, 4) is 0 Å². The highest BCUT2D eigenvalue weighted by Gasteiger charge is 2.44. The van der Waals surface area contributed by atoms with Gasteiger partial charge in [-0.3, -0.25) is 4.90 Å². The molecule has 2 N–H and O–H groups in total. The maximum absolute atomic E-state index is 11.8. The quantitative estimate of drug-likeness (QED) is 0.835. The molecule has 130 valence electrons. The molecule has 0 aliphatic carbocycles. The Kier molecular flexibility index (Phi) is 6.67. The second-order valence-corrected chi connectivity index (χ2v) is 5.52. The van der Waals surface area contributed by atoms with Crippen LogP contribution in [-0.4, -0.2) is 57.7 Å². The first-order valence-corrected chi connectivity index (χ1v) is 7.11. The Morgan fingerprint density at radius 3 is 2.39 bits per heavy atom. The fourth-order valence-electron chi connectivity index (χ4n) is 1.69. The van der Waals surface area contributed by atoms with Gasteiger partial charge in [-0.05, 0) is 27.7 Å². The topological polar surface area (TPSA) is 116 Å². The van der Waals surface area contributed by atoms with Gasteiger partial charge in [-0.2, -0.15) is 0 Å². The number of amides is 2. The van der Waals surface area contributed by atoms with Crippen LogP contribution in [0.15, 0.2) is 10.6 Å². The van der Waals surface area contributed by atoms with E-state index in [0.29, 0.717) is 5.69 Å². The predicted octanol–water partition coefficient (Wildman–Crippen LogP) is 0.704. The van der Waals surface area contributed by atoms with Crippen LogP contribution < -0.4 is 4.90 Å². The molecular formula is C14H23N3O6. The molecule has 1 saturated heterocycles. The number of aliphatic hydroxyl groups is 2. The van der Waals surface area contributed by atoms with Gasteiger partial charge in [-0.15, -0.1) is 0 Å². The van der Waals surface area contributed by atoms with Gasteiger partial charge in [-0.1, -0.05) is 5.16 Å². The molecule has 0 bridgehead atoms. The number of anilines is 1. The van der Waals surface area contributed by atoms with Gasteiger partial charge in [0.2, 0.25) is 5.88 Å². The molecule has 9 heteroatoms. The van der Waals surface area contributed by atoms with Crippen LogP contribution in [-0.2, 0) is 16.1 Å². The summed E-state index contributed by atoms with van der Waals surface area (Å²) in [6.45, 7) is 7.08. The number of Topliss-reactive ketones (excluding diaryl/α,β-unsaturated/α-hetero) is 1. The summed E-state index contributed by atoms with van der Waals surface area (Å²) in [6.07, 6.45) is -2.63. The third-order valence-corrected chi connectivity index (χ3v) is 2.78. The molecule has 1 aromatic heterocycles. The number of hydrogen-bond donors (Lipinski definition) is 2. The standard InChI is InChI=1S/C11H17N3O5.C3H6O/c1-6(2)18-5-7-4-8(19-12-7)14-10(16)9(15)13(3)11(14)17;1-3(2)4/h4,6,9-10,15-16H,5H2,1-3H3;1-2H3. The molecule has 0 radical (unpaired) electrons. The minimum Gasteiger partial charge on any atom is -0.372 e. The van der Waals surface area contributed by atoms with Crippen molar-refractivity contribution in [1.29, 1.82) is 0 Å². The highest BCUT2D eigenvalue weighted by Crippen LogP contribution is 2.26. The molecule has 2 rings (SSSR count). The van der Waals surface area contributed by atoms with Crippen molar-refractivity contribution in [1.82, 2.24) is 10.1 Å². The molecule has 23 heavy (non-hydrogen) atoms. The van der Waals surface area contributed by atoms with E-state index >= 15 is 0 Å². The highest BCUT2D eigenvalue weighted by molar-refractivity contribution is 5.93. The van der Waals surface area contributed by atoms with Crippen LogP contribution >= 0.6 is 0 Å². The van der Waals surface area contributed by atoms with E-state index in [-0.39, 0.29) is 24.4 Å². The maximum atomic E-state index is 11.8. The van der Waals surface area contributed by atoms with Gasteiger partial charge in [0.25, 0.3) is 0 Å². The molecular weight excluding hydrogens is 306 g/mol. The molecule has 0 aromatic carbocycles. The van der Waals surface area contributed by atoms with Gasteiger partial charge >= 0.3 is 6.03 Å². The molecule has 2 atom stereocenters. The monoisotopic (exact) mass is 329 g/mol. The van der Waals surface area contributed by atoms with Crippen LogP contribution in [0.1, 0.15) is 33.4 Å². The number of likely N-dealkylation sites (N-methyl/N-ethyl adjacent to an activating group) is 1. The first-order valence-electron chi connectivity index (χ1n) is 7.11. The molecule has 9 nitrogen and oxygen atoms in total. The summed E-state index contributed by atoms with van der Waals surface area (Å²) >= 11 is 0. The van der Waals surface area contributed by atoms with Crippen molar-refractivity contribution < 1.29 is 29.1 Å². The minimum atomic E-state index is -1.38. The molecule has 2 amide bonds. The number of nitrogens with zero attached hydrogens (tertiary/aromatic N) is 3. The number of aromatic nitrogens is 1. The lowest BCUT2D eigenvalue weighted by atomic mass is 10.4. The normalized spacial score (nSPS) is 20.8. The minimum absolute atomic E-state index is 0.0483. The third kappa shape index (κ3) is 5.02. The first kappa shape index (κ1) is 19.1. The summed E-state index contributed by atoms with van der Waals surface area (Å²) in [5, 5.41) is 23.1. The fourth-order valence-corrected chi connectivity index (χ4v) is 1.69. The average Bonchev–Trinajstić information content (AvgIpc) is 2.97. The molecule has 1 fully saturated rings. The van der Waals surface area contributed by atoms with Crippen molar-refractivity contribution in [2.45, 2.75) is 52.9 Å². The highest BCUT2D eigenvalue weighted by atomic mass is 16.5. The van der Waals surface area contributed by atoms with E-state index in [1.54, 1.807) is 0 Å². The number of aliphatic hydroxyl groups excluding tert-OH is 2. The maximum Gasteiger partial charge on any atom is 0.331 e. The van der Waals surface area contributed by atoms with Crippen LogP contribution in [0.4, 0.5) is 10.7 Å². The fraction of sp³-hybridized carbons (Fsp3) is 0.643. The molecule has 2 heterocycles. The Morgan fingerprint density at radius 1 is 1.39 bits per heavy atom. The van der Waals surface area contributed by atoms with Crippen LogP contribution in [0.3, 0.4) is 0 Å². The van der Waals surface area contributed by atoms with Crippen LogP contribution in [0.25, 0.3) is 0 Å². The van der Waals surface area contributed by atoms with E-state index in [1.165, 1.54) is 27.0 Å². The second-order valence-electron chi connectivity index (χ2n) is 5.52. The van der Waals surface area contributed by atoms with Gasteiger partial charge in [0, 0.05) is 13.1 Å². The Bertz CT molecular complexity index is 540. The van der Waals surface area contributed by atoms with E-state index in [0.717, 1.165) is 9.80 Å². The molecule has 1 aromatic rings. The van der Waals surface area contributed by atoms with E-state index in [4.69, 9.17) is 9.26 Å². The number of urea groups is 1. The van der Waals surface area contributed by atoms with E-state index in [9.17, 15) is 19.8 Å². The molecule has 1 aliphatic heterocycles. The lowest BCUT2D eigenvalue weighted by Crippen LogP contribution is -2.36. The van der Waals surface area contributed by atoms with Gasteiger partial charge in [0.15, 0.2) is 12.5 Å². The molecule has 0 spiro atoms. The number of carbonyl (C=O) groups is 2. The number of ketones is 1. The first-order chi connectivity index (χ1) is 10.6. The van der Waals surface area contributed by atoms with Gasteiger partial charge in [0.05, 0.1) is 12.7 Å². The Hall–Kier alpha value is -1.97. The number of rotatable bonds is 4. The van der Waals surface area contributed by atoms with Gasteiger partial charge in [-0.25, -0.2) is 9.69 Å². The largest absolute Gasteiger partial charge is 0.372 e. The summed E-state index contributed by atoms with van der Waals surface area (Å²) in [6, 6.07) is 0.933. The van der Waals surface area contributed by atoms with Crippen LogP contribution in [0.5, 0.6) is 0 Å². The summed E-state index contributed by atoms with van der Waals surface area (Å²) in [4.78, 5) is 23.2. The van der Waals surface area contributed by atoms with Crippen LogP contribution in [0, 0.1) is 0 Å². The van der Waals surface area contributed by atoms with E-state index < -0.39 is 18.5 Å². The Labute approximate surface area is 134 Å². The smallest absolute Gasteiger partial charge is 0.331 e. The third-order valence-electron chi connectivity index (χ3n) is 2.78. The zero-order valence-electron chi connectivity index (χ0n) is 13.9.